The van der Waals surface area contributed by atoms with E-state index in [4.69, 9.17) is 28.6 Å². The van der Waals surface area contributed by atoms with Crippen molar-refractivity contribution in [3.8, 4) is 12.3 Å². The first-order chi connectivity index (χ1) is 17.2. The summed E-state index contributed by atoms with van der Waals surface area (Å²) < 4.78 is 0.806. The van der Waals surface area contributed by atoms with Gasteiger partial charge in [0, 0.05) is 11.5 Å². The summed E-state index contributed by atoms with van der Waals surface area (Å²) in [4.78, 5) is 48.2. The van der Waals surface area contributed by atoms with Crippen LogP contribution in [-0.2, 0) is 19.2 Å². The molecule has 2 aromatic heterocycles. The molecule has 4 heterocycles. The average molecular weight is 586 g/mol. The number of thiazole rings is 1. The normalized spacial score (nSPS) is 19.4. The number of carboxylic acid groups (broad SMARTS) is 1. The fourth-order valence-electron chi connectivity index (χ4n) is 3.28. The van der Waals surface area contributed by atoms with Crippen LogP contribution in [-0.4, -0.2) is 78.2 Å². The van der Waals surface area contributed by atoms with E-state index >= 15 is 0 Å². The topological polar surface area (TPSA) is 173 Å². The number of aliphatic carboxylic acids is 1. The van der Waals surface area contributed by atoms with Crippen LogP contribution in [0.4, 0.5) is 5.13 Å². The number of oxime groups is 1. The SMILES string of the molecule is C#CCO/N=C(/C(=O)NC1C(=O)N2C(C(=O)O)=C(CSc3nnc(C)s3)CSC12)c1nc(N)sc1Cl. The quantitative estimate of drug-likeness (QED) is 0.0969. The Bertz CT molecular complexity index is 1330. The van der Waals surface area contributed by atoms with E-state index in [1.54, 1.807) is 0 Å². The number of fused-ring (bicyclic) bond motifs is 1. The summed E-state index contributed by atoms with van der Waals surface area (Å²) in [7, 11) is 0. The minimum atomic E-state index is -1.22. The molecule has 0 radical (unpaired) electrons. The Labute approximate surface area is 225 Å². The number of carbonyl (C=O) groups excluding carboxylic acids is 2. The Hall–Kier alpha value is -2.84. The van der Waals surface area contributed by atoms with Crippen molar-refractivity contribution in [3.05, 3.63) is 26.3 Å². The van der Waals surface area contributed by atoms with Gasteiger partial charge in [-0.3, -0.25) is 14.5 Å². The number of halogens is 1. The van der Waals surface area contributed by atoms with Gasteiger partial charge in [0.2, 0.25) is 0 Å². The smallest absolute Gasteiger partial charge is 0.352 e. The van der Waals surface area contributed by atoms with Gasteiger partial charge >= 0.3 is 5.97 Å². The number of terminal acetylenes is 1. The zero-order valence-corrected chi connectivity index (χ0v) is 22.3. The minimum Gasteiger partial charge on any atom is -0.477 e. The molecule has 17 heteroatoms. The molecule has 2 atom stereocenters. The van der Waals surface area contributed by atoms with Crippen molar-refractivity contribution in [3.63, 3.8) is 0 Å². The fraction of sp³-hybridized carbons (Fsp3) is 0.316. The molecule has 4 rings (SSSR count). The van der Waals surface area contributed by atoms with E-state index in [-0.39, 0.29) is 33.2 Å². The number of carboxylic acids is 1. The number of amides is 2. The lowest BCUT2D eigenvalue weighted by Crippen LogP contribution is -2.71. The Morgan fingerprint density at radius 1 is 1.44 bits per heavy atom. The zero-order chi connectivity index (χ0) is 26.0. The monoisotopic (exact) mass is 585 g/mol. The van der Waals surface area contributed by atoms with E-state index < -0.39 is 29.2 Å². The first-order valence-corrected chi connectivity index (χ1v) is 13.9. The third kappa shape index (κ3) is 5.30. The number of carbonyl (C=O) groups is 3. The molecule has 1 saturated heterocycles. The number of anilines is 1. The maximum Gasteiger partial charge on any atom is 0.352 e. The van der Waals surface area contributed by atoms with Crippen LogP contribution >= 0.6 is 57.8 Å². The average Bonchev–Trinajstić information content (AvgIpc) is 3.41. The fourth-order valence-corrected chi connectivity index (χ4v) is 7.51. The standard InChI is InChI=1S/C19H16ClN7O5S4/c1-3-4-32-26-10(9-13(20)36-18(21)23-9)14(28)22-11-15(29)27-12(17(30)31)8(5-33-16(11)27)6-34-19-25-24-7(2)35-19/h1,11,16H,4-6H2,2H3,(H2,21,23)(H,22,28)(H,30,31)/b26-10+. The van der Waals surface area contributed by atoms with E-state index in [9.17, 15) is 19.5 Å². The number of nitrogens with two attached hydrogens (primary N) is 1. The van der Waals surface area contributed by atoms with Crippen LogP contribution in [0.15, 0.2) is 20.8 Å². The summed E-state index contributed by atoms with van der Waals surface area (Å²) in [5.74, 6) is 0.311. The van der Waals surface area contributed by atoms with Crippen molar-refractivity contribution in [2.45, 2.75) is 22.7 Å². The predicted molar refractivity (Wildman–Crippen MR) is 138 cm³/mol. The van der Waals surface area contributed by atoms with Crippen LogP contribution in [0.3, 0.4) is 0 Å². The Balaban J connectivity index is 1.51. The lowest BCUT2D eigenvalue weighted by Gasteiger charge is -2.49. The molecule has 1 fully saturated rings. The number of rotatable bonds is 9. The van der Waals surface area contributed by atoms with Crippen LogP contribution in [0.25, 0.3) is 0 Å². The van der Waals surface area contributed by atoms with Crippen molar-refractivity contribution in [2.75, 3.05) is 23.8 Å². The van der Waals surface area contributed by atoms with Gasteiger partial charge in [-0.05, 0) is 12.5 Å². The van der Waals surface area contributed by atoms with Gasteiger partial charge in [0.1, 0.15) is 32.2 Å². The van der Waals surface area contributed by atoms with Crippen molar-refractivity contribution in [2.24, 2.45) is 5.16 Å². The van der Waals surface area contributed by atoms with E-state index in [1.165, 1.54) is 39.8 Å². The first kappa shape index (κ1) is 26.2. The molecule has 2 aliphatic heterocycles. The van der Waals surface area contributed by atoms with Crippen LogP contribution in [0, 0.1) is 19.3 Å². The Morgan fingerprint density at radius 3 is 2.83 bits per heavy atom. The molecular weight excluding hydrogens is 570 g/mol. The van der Waals surface area contributed by atoms with Gasteiger partial charge in [0.15, 0.2) is 21.8 Å². The van der Waals surface area contributed by atoms with Gasteiger partial charge in [-0.1, -0.05) is 57.1 Å². The van der Waals surface area contributed by atoms with E-state index in [1.807, 2.05) is 6.92 Å². The number of nitrogens with zero attached hydrogens (tertiary/aromatic N) is 5. The van der Waals surface area contributed by atoms with Crippen LogP contribution < -0.4 is 11.1 Å². The second kappa shape index (κ2) is 11.0. The van der Waals surface area contributed by atoms with Gasteiger partial charge in [0.25, 0.3) is 11.8 Å². The van der Waals surface area contributed by atoms with E-state index in [0.29, 0.717) is 21.4 Å². The largest absolute Gasteiger partial charge is 0.477 e. The lowest BCUT2D eigenvalue weighted by atomic mass is 10.0. The maximum atomic E-state index is 13.0. The number of hydrogen-bond acceptors (Lipinski definition) is 13. The van der Waals surface area contributed by atoms with Crippen molar-refractivity contribution in [1.82, 2.24) is 25.4 Å². The van der Waals surface area contributed by atoms with E-state index in [2.05, 4.69) is 31.6 Å². The predicted octanol–water partition coefficient (Wildman–Crippen LogP) is 1.42. The second-order valence-corrected chi connectivity index (χ2v) is 12.2. The van der Waals surface area contributed by atoms with Crippen molar-refractivity contribution in [1.29, 1.82) is 0 Å². The first-order valence-electron chi connectivity index (χ1n) is 9.90. The molecule has 0 spiro atoms. The van der Waals surface area contributed by atoms with Gasteiger partial charge in [-0.15, -0.1) is 28.4 Å². The van der Waals surface area contributed by atoms with Crippen LogP contribution in [0.2, 0.25) is 4.34 Å². The van der Waals surface area contributed by atoms with Crippen molar-refractivity contribution < 1.29 is 24.3 Å². The highest BCUT2D eigenvalue weighted by Gasteiger charge is 2.54. The van der Waals surface area contributed by atoms with Gasteiger partial charge in [0.05, 0.1) is 0 Å². The Kier molecular flexibility index (Phi) is 8.05. The Morgan fingerprint density at radius 2 is 2.22 bits per heavy atom. The minimum absolute atomic E-state index is 0.0223. The highest BCUT2D eigenvalue weighted by atomic mass is 35.5. The lowest BCUT2D eigenvalue weighted by molar-refractivity contribution is -0.150. The zero-order valence-electron chi connectivity index (χ0n) is 18.3. The summed E-state index contributed by atoms with van der Waals surface area (Å²) >= 11 is 11.2. The molecule has 36 heavy (non-hydrogen) atoms. The molecule has 2 unspecified atom stereocenters. The highest BCUT2D eigenvalue weighted by Crippen LogP contribution is 2.42. The highest BCUT2D eigenvalue weighted by molar-refractivity contribution is 8.01. The molecule has 2 aliphatic rings. The molecule has 2 amide bonds. The number of nitrogens with one attached hydrogen (secondary N) is 1. The summed E-state index contributed by atoms with van der Waals surface area (Å²) in [6, 6.07) is -0.996. The third-order valence-electron chi connectivity index (χ3n) is 4.76. The van der Waals surface area contributed by atoms with Crippen molar-refractivity contribution >= 4 is 86.4 Å². The molecular formula is C19H16ClN7O5S4. The summed E-state index contributed by atoms with van der Waals surface area (Å²) in [6.45, 7) is 1.61. The number of aromatic nitrogens is 3. The molecule has 2 aromatic rings. The van der Waals surface area contributed by atoms with Crippen LogP contribution in [0.1, 0.15) is 10.7 Å². The number of thioether (sulfide) groups is 2. The summed E-state index contributed by atoms with van der Waals surface area (Å²) in [5, 5.41) is 24.4. The summed E-state index contributed by atoms with van der Waals surface area (Å²) in [6.07, 6.45) is 5.15. The maximum absolute atomic E-state index is 13.0. The number of aryl methyl sites for hydroxylation is 1. The van der Waals surface area contributed by atoms with Crippen LogP contribution in [0.5, 0.6) is 0 Å². The molecule has 0 aliphatic carbocycles. The number of β-lactam (4-membered cyclic amide) rings is 1. The molecule has 0 aromatic carbocycles. The number of nitrogen functional groups attached to an aromatic ring is 1. The van der Waals surface area contributed by atoms with Gasteiger partial charge in [-0.2, -0.15) is 0 Å². The molecule has 0 saturated carbocycles. The van der Waals surface area contributed by atoms with Gasteiger partial charge in [-0.25, -0.2) is 9.78 Å². The van der Waals surface area contributed by atoms with Gasteiger partial charge < -0.3 is 21.0 Å². The third-order valence-corrected chi connectivity index (χ3v) is 9.24. The van der Waals surface area contributed by atoms with E-state index in [0.717, 1.165) is 16.3 Å². The molecule has 0 bridgehead atoms. The molecule has 4 N–H and O–H groups in total. The molecule has 188 valence electrons. The molecule has 12 nitrogen and oxygen atoms in total. The second-order valence-electron chi connectivity index (χ2n) is 7.09. The number of hydrogen-bond donors (Lipinski definition) is 3. The summed E-state index contributed by atoms with van der Waals surface area (Å²) in [5.41, 5.74) is 5.82.